The Bertz CT molecular complexity index is 222. The van der Waals surface area contributed by atoms with Crippen molar-refractivity contribution in [3.8, 4) is 0 Å². The summed E-state index contributed by atoms with van der Waals surface area (Å²) in [4.78, 5) is 0. The highest BCUT2D eigenvalue weighted by molar-refractivity contribution is 5.14. The molecule has 0 spiro atoms. The van der Waals surface area contributed by atoms with Crippen LogP contribution in [-0.2, 0) is 0 Å². The van der Waals surface area contributed by atoms with Crippen molar-refractivity contribution in [2.75, 3.05) is 0 Å². The van der Waals surface area contributed by atoms with E-state index in [1.54, 1.807) is 0 Å². The molecule has 0 aromatic rings. The lowest BCUT2D eigenvalue weighted by Gasteiger charge is -2.25. The zero-order valence-corrected chi connectivity index (χ0v) is 10.8. The van der Waals surface area contributed by atoms with Crippen LogP contribution < -0.4 is 5.73 Å². The second-order valence-electron chi connectivity index (χ2n) is 6.38. The Balaban J connectivity index is 2.34. The van der Waals surface area contributed by atoms with Gasteiger partial charge in [0, 0.05) is 6.04 Å². The molecule has 0 aliphatic heterocycles. The predicted octanol–water partition coefficient (Wildman–Crippen LogP) is 3.89. The number of allylic oxidation sites excluding steroid dienone is 1. The second kappa shape index (κ2) is 5.16. The Morgan fingerprint density at radius 3 is 2.53 bits per heavy atom. The Labute approximate surface area is 95.1 Å². The maximum Gasteiger partial charge on any atom is 0.0256 e. The first-order valence-electron chi connectivity index (χ1n) is 6.33. The third-order valence-electron chi connectivity index (χ3n) is 3.17. The maximum absolute atomic E-state index is 6.23. The Kier molecular flexibility index (Phi) is 4.39. The van der Waals surface area contributed by atoms with Gasteiger partial charge in [0.1, 0.15) is 0 Å². The lowest BCUT2D eigenvalue weighted by molar-refractivity contribution is 0.290. The minimum Gasteiger partial charge on any atom is -0.324 e. The maximum atomic E-state index is 6.23. The fourth-order valence-electron chi connectivity index (χ4n) is 2.75. The van der Waals surface area contributed by atoms with Crippen molar-refractivity contribution in [2.24, 2.45) is 17.1 Å². The first-order chi connectivity index (χ1) is 6.88. The lowest BCUT2D eigenvalue weighted by atomic mass is 9.82. The van der Waals surface area contributed by atoms with E-state index in [2.05, 4.69) is 33.8 Å². The number of rotatable bonds is 4. The molecule has 1 nitrogen and oxygen atoms in total. The van der Waals surface area contributed by atoms with Gasteiger partial charge in [-0.2, -0.15) is 0 Å². The summed E-state index contributed by atoms with van der Waals surface area (Å²) in [6, 6.07) is 0.324. The van der Waals surface area contributed by atoms with Gasteiger partial charge in [-0.25, -0.2) is 0 Å². The number of hydrogen-bond acceptors (Lipinski definition) is 1. The highest BCUT2D eigenvalue weighted by atomic mass is 14.6. The second-order valence-corrected chi connectivity index (χ2v) is 6.38. The first-order valence-corrected chi connectivity index (χ1v) is 6.33. The minimum absolute atomic E-state index is 0.324. The highest BCUT2D eigenvalue weighted by Gasteiger charge is 2.20. The van der Waals surface area contributed by atoms with Crippen molar-refractivity contribution in [3.63, 3.8) is 0 Å². The molecule has 0 saturated carbocycles. The van der Waals surface area contributed by atoms with Crippen LogP contribution in [-0.4, -0.2) is 6.04 Å². The first kappa shape index (κ1) is 12.8. The number of hydrogen-bond donors (Lipinski definition) is 1. The molecule has 0 aromatic carbocycles. The molecule has 0 bridgehead atoms. The summed E-state index contributed by atoms with van der Waals surface area (Å²) in [6.45, 7) is 9.26. The van der Waals surface area contributed by atoms with E-state index in [4.69, 9.17) is 5.73 Å². The largest absolute Gasteiger partial charge is 0.324 e. The lowest BCUT2D eigenvalue weighted by Crippen LogP contribution is -2.26. The molecule has 2 atom stereocenters. The molecule has 0 fully saturated rings. The van der Waals surface area contributed by atoms with Gasteiger partial charge in [-0.15, -0.1) is 0 Å². The molecule has 15 heavy (non-hydrogen) atoms. The van der Waals surface area contributed by atoms with Crippen LogP contribution in [0, 0.1) is 11.3 Å². The molecule has 2 unspecified atom stereocenters. The van der Waals surface area contributed by atoms with E-state index in [9.17, 15) is 0 Å². The average molecular weight is 209 g/mol. The van der Waals surface area contributed by atoms with Crippen LogP contribution in [0.5, 0.6) is 0 Å². The van der Waals surface area contributed by atoms with Gasteiger partial charge in [-0.05, 0) is 43.4 Å². The summed E-state index contributed by atoms with van der Waals surface area (Å²) in [5, 5.41) is 0. The van der Waals surface area contributed by atoms with E-state index >= 15 is 0 Å². The Hall–Kier alpha value is -0.300. The summed E-state index contributed by atoms with van der Waals surface area (Å²) >= 11 is 0. The zero-order valence-electron chi connectivity index (χ0n) is 10.8. The molecule has 1 heteroatoms. The number of nitrogens with two attached hydrogens (primary N) is 1. The van der Waals surface area contributed by atoms with Crippen molar-refractivity contribution in [1.29, 1.82) is 0 Å². The van der Waals surface area contributed by atoms with Crippen LogP contribution in [0.2, 0.25) is 0 Å². The molecular weight excluding hydrogens is 182 g/mol. The topological polar surface area (TPSA) is 26.0 Å². The molecule has 0 amide bonds. The van der Waals surface area contributed by atoms with Crippen LogP contribution in [0.4, 0.5) is 0 Å². The zero-order chi connectivity index (χ0) is 11.5. The quantitative estimate of drug-likeness (QED) is 0.698. The van der Waals surface area contributed by atoms with Crippen molar-refractivity contribution in [3.05, 3.63) is 11.6 Å². The molecule has 1 aliphatic carbocycles. The van der Waals surface area contributed by atoms with E-state index in [0.717, 1.165) is 12.3 Å². The monoisotopic (exact) mass is 209 g/mol. The van der Waals surface area contributed by atoms with E-state index in [1.165, 1.54) is 31.3 Å². The molecule has 0 heterocycles. The summed E-state index contributed by atoms with van der Waals surface area (Å²) in [7, 11) is 0. The molecule has 1 rings (SSSR count). The molecule has 1 aliphatic rings. The van der Waals surface area contributed by atoms with Crippen LogP contribution in [0.3, 0.4) is 0 Å². The Morgan fingerprint density at radius 1 is 1.40 bits per heavy atom. The van der Waals surface area contributed by atoms with Gasteiger partial charge in [-0.3, -0.25) is 0 Å². The van der Waals surface area contributed by atoms with Crippen LogP contribution in [0.1, 0.15) is 59.8 Å². The summed E-state index contributed by atoms with van der Waals surface area (Å²) < 4.78 is 0. The third-order valence-corrected chi connectivity index (χ3v) is 3.17. The molecule has 0 saturated heterocycles. The smallest absolute Gasteiger partial charge is 0.0256 e. The van der Waals surface area contributed by atoms with Gasteiger partial charge in [0.2, 0.25) is 0 Å². The van der Waals surface area contributed by atoms with E-state index in [-0.39, 0.29) is 0 Å². The van der Waals surface area contributed by atoms with Crippen molar-refractivity contribution >= 4 is 0 Å². The fraction of sp³-hybridized carbons (Fsp3) is 0.857. The van der Waals surface area contributed by atoms with Crippen molar-refractivity contribution < 1.29 is 0 Å². The Morgan fingerprint density at radius 2 is 2.07 bits per heavy atom. The molecule has 88 valence electrons. The molecule has 0 radical (unpaired) electrons. The van der Waals surface area contributed by atoms with Gasteiger partial charge in [0.05, 0.1) is 0 Å². The third kappa shape index (κ3) is 4.83. The minimum atomic E-state index is 0.324. The van der Waals surface area contributed by atoms with Gasteiger partial charge in [0.15, 0.2) is 0 Å². The van der Waals surface area contributed by atoms with Gasteiger partial charge >= 0.3 is 0 Å². The van der Waals surface area contributed by atoms with Crippen LogP contribution in [0.25, 0.3) is 0 Å². The summed E-state index contributed by atoms with van der Waals surface area (Å²) in [5.74, 6) is 0.737. The molecule has 0 aromatic heterocycles. The predicted molar refractivity (Wildman–Crippen MR) is 67.8 cm³/mol. The van der Waals surface area contributed by atoms with Crippen molar-refractivity contribution in [1.82, 2.24) is 0 Å². The standard InChI is InChI=1S/C14H27N/c1-11(10-14(2,3)4)9-13(15)12-7-5-6-8-12/h7,11,13H,5-6,8-10,15H2,1-4H3. The molecular formula is C14H27N. The fourth-order valence-corrected chi connectivity index (χ4v) is 2.75. The van der Waals surface area contributed by atoms with Gasteiger partial charge < -0.3 is 5.73 Å². The van der Waals surface area contributed by atoms with Gasteiger partial charge in [-0.1, -0.05) is 39.3 Å². The van der Waals surface area contributed by atoms with E-state index in [1.807, 2.05) is 0 Å². The van der Waals surface area contributed by atoms with Crippen LogP contribution in [0.15, 0.2) is 11.6 Å². The van der Waals surface area contributed by atoms with Crippen molar-refractivity contribution in [2.45, 2.75) is 65.8 Å². The SMILES string of the molecule is CC(CC(N)C1=CCCC1)CC(C)(C)C. The highest BCUT2D eigenvalue weighted by Crippen LogP contribution is 2.29. The average Bonchev–Trinajstić information content (AvgIpc) is 2.50. The summed E-state index contributed by atoms with van der Waals surface area (Å²) in [6.07, 6.45) is 8.59. The summed E-state index contributed by atoms with van der Waals surface area (Å²) in [5.41, 5.74) is 8.17. The van der Waals surface area contributed by atoms with E-state index < -0.39 is 0 Å². The van der Waals surface area contributed by atoms with Crippen LogP contribution >= 0.6 is 0 Å². The van der Waals surface area contributed by atoms with Gasteiger partial charge in [0.25, 0.3) is 0 Å². The normalized spacial score (nSPS) is 21.3. The molecule has 2 N–H and O–H groups in total. The van der Waals surface area contributed by atoms with E-state index in [0.29, 0.717) is 11.5 Å².